The van der Waals surface area contributed by atoms with Crippen LogP contribution in [0.1, 0.15) is 12.5 Å². The number of rotatable bonds is 2. The van der Waals surface area contributed by atoms with E-state index in [0.29, 0.717) is 0 Å². The molecule has 0 radical (unpaired) electrons. The summed E-state index contributed by atoms with van der Waals surface area (Å²) in [5, 5.41) is 0. The molecule has 1 aromatic carbocycles. The minimum absolute atomic E-state index is 0.963. The summed E-state index contributed by atoms with van der Waals surface area (Å²) in [6, 6.07) is 10.3. The van der Waals surface area contributed by atoms with E-state index in [4.69, 9.17) is 0 Å². The molecule has 0 heteroatoms. The van der Waals surface area contributed by atoms with Crippen molar-refractivity contribution in [3.05, 3.63) is 66.9 Å². The Labute approximate surface area is 80.9 Å². The summed E-state index contributed by atoms with van der Waals surface area (Å²) in [6.07, 6.45) is 0.963. The Hall–Kier alpha value is -1.52. The van der Waals surface area contributed by atoms with Gasteiger partial charge in [-0.15, -0.1) is 18.9 Å². The number of allylic oxidation sites excluding steroid dienone is 1. The molecule has 1 rings (SSSR count). The second kappa shape index (κ2) is 7.15. The topological polar surface area (TPSA) is 0 Å². The maximum Gasteiger partial charge on any atom is 0.000612 e. The zero-order chi connectivity index (χ0) is 10.1. The van der Waals surface area contributed by atoms with Crippen LogP contribution in [0.2, 0.25) is 0 Å². The molecule has 0 N–H and O–H groups in total. The second-order valence-electron chi connectivity index (χ2n) is 2.62. The van der Waals surface area contributed by atoms with E-state index in [-0.39, 0.29) is 0 Å². The van der Waals surface area contributed by atoms with Crippen molar-refractivity contribution in [3.63, 3.8) is 0 Å². The van der Waals surface area contributed by atoms with Gasteiger partial charge in [0.05, 0.1) is 0 Å². The minimum atomic E-state index is 0.963. The van der Waals surface area contributed by atoms with Gasteiger partial charge < -0.3 is 0 Å². The maximum absolute atomic E-state index is 3.59. The first-order valence-corrected chi connectivity index (χ1v) is 4.22. The van der Waals surface area contributed by atoms with Crippen LogP contribution in [0.4, 0.5) is 0 Å². The van der Waals surface area contributed by atoms with Crippen LogP contribution >= 0.6 is 0 Å². The van der Waals surface area contributed by atoms with Gasteiger partial charge in [0.2, 0.25) is 0 Å². The van der Waals surface area contributed by atoms with E-state index in [1.165, 1.54) is 11.1 Å². The Bertz CT molecular complexity index is 276. The molecule has 0 aliphatic rings. The van der Waals surface area contributed by atoms with Crippen LogP contribution in [0.25, 0.3) is 0 Å². The molecule has 0 aromatic heterocycles. The van der Waals surface area contributed by atoms with Gasteiger partial charge >= 0.3 is 0 Å². The van der Waals surface area contributed by atoms with Gasteiger partial charge in [0.25, 0.3) is 0 Å². The first-order chi connectivity index (χ1) is 6.33. The number of benzene rings is 1. The van der Waals surface area contributed by atoms with Gasteiger partial charge in [-0.1, -0.05) is 36.9 Å². The standard InChI is InChI=1S/C11H12.C2H4/c1-3-10(2)9-11-7-5-4-6-8-11;1-2/h4-8H,1,9H2,2H3;1-2H2. The molecule has 0 bridgehead atoms. The van der Waals surface area contributed by atoms with Crippen molar-refractivity contribution in [2.75, 3.05) is 0 Å². The van der Waals surface area contributed by atoms with Gasteiger partial charge in [0.15, 0.2) is 0 Å². The third-order valence-corrected chi connectivity index (χ3v) is 1.61. The van der Waals surface area contributed by atoms with Gasteiger partial charge in [0.1, 0.15) is 0 Å². The summed E-state index contributed by atoms with van der Waals surface area (Å²) in [5.74, 6) is 0. The molecular weight excluding hydrogens is 156 g/mol. The highest BCUT2D eigenvalue weighted by molar-refractivity contribution is 5.20. The van der Waals surface area contributed by atoms with E-state index in [9.17, 15) is 0 Å². The molecule has 1 aromatic rings. The molecular formula is C13H16. The van der Waals surface area contributed by atoms with Crippen LogP contribution in [0.5, 0.6) is 0 Å². The first kappa shape index (κ1) is 11.5. The summed E-state index contributed by atoms with van der Waals surface area (Å²) in [6.45, 7) is 11.6. The van der Waals surface area contributed by atoms with Crippen LogP contribution in [-0.4, -0.2) is 0 Å². The van der Waals surface area contributed by atoms with Crippen LogP contribution in [0, 0.1) is 0 Å². The molecule has 0 unspecified atom stereocenters. The second-order valence-corrected chi connectivity index (χ2v) is 2.62. The van der Waals surface area contributed by atoms with Crippen LogP contribution in [0.3, 0.4) is 0 Å². The average molecular weight is 172 g/mol. The fourth-order valence-electron chi connectivity index (χ4n) is 0.965. The first-order valence-electron chi connectivity index (χ1n) is 4.22. The molecule has 0 nitrogen and oxygen atoms in total. The maximum atomic E-state index is 3.59. The Morgan fingerprint density at radius 3 is 2.23 bits per heavy atom. The van der Waals surface area contributed by atoms with E-state index in [2.05, 4.69) is 37.6 Å². The normalized spacial score (nSPS) is 7.77. The predicted octanol–water partition coefficient (Wildman–Crippen LogP) is 3.76. The number of hydrogen-bond acceptors (Lipinski definition) is 0. The van der Waals surface area contributed by atoms with Gasteiger partial charge in [-0.2, -0.15) is 0 Å². The smallest absolute Gasteiger partial charge is 0.000612 e. The van der Waals surface area contributed by atoms with Gasteiger partial charge in [-0.3, -0.25) is 0 Å². The molecule has 0 saturated carbocycles. The Kier molecular flexibility index (Phi) is 6.31. The molecule has 0 spiro atoms. The van der Waals surface area contributed by atoms with E-state index in [1.54, 1.807) is 0 Å². The van der Waals surface area contributed by atoms with E-state index in [1.807, 2.05) is 25.1 Å². The molecule has 13 heavy (non-hydrogen) atoms. The summed E-state index contributed by atoms with van der Waals surface area (Å²) >= 11 is 0. The summed E-state index contributed by atoms with van der Waals surface area (Å²) in [5.41, 5.74) is 5.39. The Balaban J connectivity index is 0.000000671. The van der Waals surface area contributed by atoms with Crippen LogP contribution in [0.15, 0.2) is 61.4 Å². The summed E-state index contributed by atoms with van der Waals surface area (Å²) in [4.78, 5) is 0. The highest BCUT2D eigenvalue weighted by atomic mass is 13.9. The summed E-state index contributed by atoms with van der Waals surface area (Å²) in [7, 11) is 0. The van der Waals surface area contributed by atoms with E-state index >= 15 is 0 Å². The monoisotopic (exact) mass is 172 g/mol. The van der Waals surface area contributed by atoms with Crippen molar-refractivity contribution < 1.29 is 0 Å². The van der Waals surface area contributed by atoms with Crippen LogP contribution in [-0.2, 0) is 6.42 Å². The van der Waals surface area contributed by atoms with Crippen molar-refractivity contribution in [1.29, 1.82) is 0 Å². The van der Waals surface area contributed by atoms with Gasteiger partial charge in [-0.05, 0) is 18.1 Å². The quantitative estimate of drug-likeness (QED) is 0.470. The lowest BCUT2D eigenvalue weighted by atomic mass is 10.1. The van der Waals surface area contributed by atoms with Crippen molar-refractivity contribution >= 4 is 0 Å². The summed E-state index contributed by atoms with van der Waals surface area (Å²) < 4.78 is 0. The van der Waals surface area contributed by atoms with Crippen molar-refractivity contribution in [3.8, 4) is 0 Å². The molecule has 0 saturated heterocycles. The molecule has 68 valence electrons. The Morgan fingerprint density at radius 2 is 1.77 bits per heavy atom. The zero-order valence-corrected chi connectivity index (χ0v) is 8.22. The fraction of sp³-hybridized carbons (Fsp3) is 0.154. The molecule has 0 atom stereocenters. The van der Waals surface area contributed by atoms with E-state index < -0.39 is 0 Å². The Morgan fingerprint density at radius 1 is 1.23 bits per heavy atom. The van der Waals surface area contributed by atoms with Gasteiger partial charge in [0, 0.05) is 6.42 Å². The minimum Gasteiger partial charge on any atom is -0.130 e. The highest BCUT2D eigenvalue weighted by Crippen LogP contribution is 2.04. The zero-order valence-electron chi connectivity index (χ0n) is 8.22. The predicted molar refractivity (Wildman–Crippen MR) is 59.7 cm³/mol. The van der Waals surface area contributed by atoms with Crippen LogP contribution < -0.4 is 0 Å². The lowest BCUT2D eigenvalue weighted by Crippen LogP contribution is -1.83. The van der Waals surface area contributed by atoms with Gasteiger partial charge in [-0.25, -0.2) is 0 Å². The average Bonchev–Trinajstić information content (AvgIpc) is 2.22. The molecule has 0 amide bonds. The highest BCUT2D eigenvalue weighted by Gasteiger charge is 1.90. The SMILES string of the molecule is C=C.C=C=C(C)Cc1ccccc1. The lowest BCUT2D eigenvalue weighted by molar-refractivity contribution is 1.15. The fourth-order valence-corrected chi connectivity index (χ4v) is 0.965. The largest absolute Gasteiger partial charge is 0.130 e. The molecule has 0 aliphatic carbocycles. The molecule has 0 fully saturated rings. The van der Waals surface area contributed by atoms with E-state index in [0.717, 1.165) is 6.42 Å². The third kappa shape index (κ3) is 4.84. The molecule has 0 heterocycles. The van der Waals surface area contributed by atoms with Crippen molar-refractivity contribution in [1.82, 2.24) is 0 Å². The third-order valence-electron chi connectivity index (χ3n) is 1.61. The molecule has 0 aliphatic heterocycles. The van der Waals surface area contributed by atoms with Crippen molar-refractivity contribution in [2.45, 2.75) is 13.3 Å². The number of hydrogen-bond donors (Lipinski definition) is 0. The van der Waals surface area contributed by atoms with Crippen molar-refractivity contribution in [2.24, 2.45) is 0 Å². The lowest BCUT2D eigenvalue weighted by Gasteiger charge is -1.97.